The first-order chi connectivity index (χ1) is 13.1. The van der Waals surface area contributed by atoms with Gasteiger partial charge in [-0.3, -0.25) is 9.59 Å². The van der Waals surface area contributed by atoms with Crippen LogP contribution in [-0.2, 0) is 16.0 Å². The average molecular weight is 360 g/mol. The van der Waals surface area contributed by atoms with E-state index in [2.05, 4.69) is 17.2 Å². The van der Waals surface area contributed by atoms with Gasteiger partial charge in [-0.25, -0.2) is 0 Å². The number of hydrogen-bond acceptors (Lipinski definition) is 3. The molecule has 1 saturated carbocycles. The van der Waals surface area contributed by atoms with E-state index in [9.17, 15) is 9.59 Å². The lowest BCUT2D eigenvalue weighted by molar-refractivity contribution is -0.128. The van der Waals surface area contributed by atoms with Crippen LogP contribution in [0.3, 0.4) is 0 Å². The Labute approximate surface area is 159 Å². The Hall–Kier alpha value is -2.75. The summed E-state index contributed by atoms with van der Waals surface area (Å²) in [4.78, 5) is 25.7. The summed E-state index contributed by atoms with van der Waals surface area (Å²) in [5.41, 5.74) is 3.58. The van der Waals surface area contributed by atoms with Gasteiger partial charge in [0, 0.05) is 6.42 Å². The second-order valence-electron chi connectivity index (χ2n) is 7.53. The Balaban J connectivity index is 1.49. The predicted molar refractivity (Wildman–Crippen MR) is 107 cm³/mol. The van der Waals surface area contributed by atoms with E-state index in [0.717, 1.165) is 5.56 Å². The van der Waals surface area contributed by atoms with Gasteiger partial charge in [-0.05, 0) is 48.9 Å². The topological polar surface area (TPSA) is 49.7 Å². The van der Waals surface area contributed by atoms with Crippen LogP contribution in [0.25, 0.3) is 0 Å². The number of Topliss-reactive ketones (excluding diaryl/α,β-unsaturated/α-hetero) is 1. The fraction of sp³-hybridized carbons (Fsp3) is 0.348. The third-order valence-electron chi connectivity index (χ3n) is 5.61. The number of hydrogen-bond donors (Lipinski definition) is 0. The van der Waals surface area contributed by atoms with Crippen molar-refractivity contribution in [2.45, 2.75) is 44.9 Å². The fourth-order valence-corrected chi connectivity index (χ4v) is 4.21. The summed E-state index contributed by atoms with van der Waals surface area (Å²) < 4.78 is 0. The van der Waals surface area contributed by atoms with Crippen LogP contribution in [0.5, 0.6) is 0 Å². The second kappa shape index (κ2) is 7.47. The molecular formula is C23H24N2O2. The quantitative estimate of drug-likeness (QED) is 0.738. The number of ketones is 1. The van der Waals surface area contributed by atoms with Gasteiger partial charge >= 0.3 is 0 Å². The highest BCUT2D eigenvalue weighted by Crippen LogP contribution is 2.34. The van der Waals surface area contributed by atoms with Crippen molar-refractivity contribution < 1.29 is 9.59 Å². The molecule has 4 heteroatoms. The van der Waals surface area contributed by atoms with E-state index in [1.165, 1.54) is 36.3 Å². The van der Waals surface area contributed by atoms with E-state index in [0.29, 0.717) is 17.3 Å². The first-order valence-electron chi connectivity index (χ1n) is 9.69. The van der Waals surface area contributed by atoms with Crippen LogP contribution in [0.1, 0.15) is 49.7 Å². The van der Waals surface area contributed by atoms with Gasteiger partial charge in [-0.15, -0.1) is 0 Å². The van der Waals surface area contributed by atoms with Crippen LogP contribution in [-0.4, -0.2) is 17.4 Å². The van der Waals surface area contributed by atoms with E-state index in [1.807, 2.05) is 42.5 Å². The Morgan fingerprint density at radius 2 is 1.81 bits per heavy atom. The van der Waals surface area contributed by atoms with Gasteiger partial charge in [0.25, 0.3) is 5.91 Å². The van der Waals surface area contributed by atoms with E-state index in [1.54, 1.807) is 6.92 Å². The fourth-order valence-electron chi connectivity index (χ4n) is 4.21. The predicted octanol–water partition coefficient (Wildman–Crippen LogP) is 4.49. The van der Waals surface area contributed by atoms with Crippen LogP contribution >= 0.6 is 0 Å². The number of nitrogens with zero attached hydrogens (tertiary/aromatic N) is 2. The van der Waals surface area contributed by atoms with Crippen molar-refractivity contribution in [1.82, 2.24) is 0 Å². The lowest BCUT2D eigenvalue weighted by atomic mass is 9.91. The molecule has 2 aromatic carbocycles. The molecule has 138 valence electrons. The van der Waals surface area contributed by atoms with Crippen molar-refractivity contribution in [3.05, 3.63) is 65.7 Å². The van der Waals surface area contributed by atoms with Crippen LogP contribution in [0.2, 0.25) is 0 Å². The van der Waals surface area contributed by atoms with E-state index in [-0.39, 0.29) is 18.1 Å². The minimum Gasteiger partial charge on any atom is -0.298 e. The monoisotopic (exact) mass is 360 g/mol. The molecule has 1 fully saturated rings. The summed E-state index contributed by atoms with van der Waals surface area (Å²) in [5, 5.41) is 5.70. The maximum absolute atomic E-state index is 12.9. The van der Waals surface area contributed by atoms with Crippen molar-refractivity contribution in [3.63, 3.8) is 0 Å². The van der Waals surface area contributed by atoms with Gasteiger partial charge < -0.3 is 0 Å². The highest BCUT2D eigenvalue weighted by molar-refractivity contribution is 6.27. The Morgan fingerprint density at radius 1 is 1.07 bits per heavy atom. The standard InChI is InChI=1S/C23H24N2O2/c1-16-22(23(27)25(24-16)20-12-3-2-4-13-20)21(26)15-17-8-7-11-19(14-17)18-9-5-6-10-18/h2-4,7-8,11-14,18,22H,5-6,9-10,15H2,1H3. The largest absolute Gasteiger partial charge is 0.298 e. The molecule has 1 heterocycles. The van der Waals surface area contributed by atoms with Crippen LogP contribution in [0, 0.1) is 5.92 Å². The third kappa shape index (κ3) is 3.57. The SMILES string of the molecule is CC1=NN(c2ccccc2)C(=O)C1C(=O)Cc1cccc(C2CCCC2)c1. The molecule has 0 aromatic heterocycles. The van der Waals surface area contributed by atoms with Gasteiger partial charge in [0.15, 0.2) is 5.78 Å². The molecule has 0 saturated heterocycles. The van der Waals surface area contributed by atoms with E-state index >= 15 is 0 Å². The zero-order chi connectivity index (χ0) is 18.8. The highest BCUT2D eigenvalue weighted by atomic mass is 16.2. The molecule has 2 aliphatic rings. The Morgan fingerprint density at radius 3 is 2.56 bits per heavy atom. The number of amides is 1. The molecule has 2 aromatic rings. The first-order valence-corrected chi connectivity index (χ1v) is 9.69. The van der Waals surface area contributed by atoms with Gasteiger partial charge in [0.1, 0.15) is 5.92 Å². The average Bonchev–Trinajstić information content (AvgIpc) is 3.31. The zero-order valence-corrected chi connectivity index (χ0v) is 15.6. The number of anilines is 1. The molecule has 0 N–H and O–H groups in total. The first kappa shape index (κ1) is 17.7. The Bertz CT molecular complexity index is 882. The van der Waals surface area contributed by atoms with Gasteiger partial charge in [0.2, 0.25) is 0 Å². The number of rotatable bonds is 5. The second-order valence-corrected chi connectivity index (χ2v) is 7.53. The lowest BCUT2D eigenvalue weighted by Crippen LogP contribution is -2.33. The number of carbonyl (C=O) groups is 2. The van der Waals surface area contributed by atoms with Crippen LogP contribution in [0.4, 0.5) is 5.69 Å². The molecule has 0 spiro atoms. The molecule has 27 heavy (non-hydrogen) atoms. The number of benzene rings is 2. The maximum atomic E-state index is 12.9. The molecule has 1 amide bonds. The number of carbonyl (C=O) groups excluding carboxylic acids is 2. The highest BCUT2D eigenvalue weighted by Gasteiger charge is 2.39. The Kier molecular flexibility index (Phi) is 4.88. The molecule has 4 nitrogen and oxygen atoms in total. The summed E-state index contributed by atoms with van der Waals surface area (Å²) in [6.45, 7) is 1.76. The van der Waals surface area contributed by atoms with Crippen LogP contribution < -0.4 is 5.01 Å². The van der Waals surface area contributed by atoms with E-state index < -0.39 is 5.92 Å². The summed E-state index contributed by atoms with van der Waals surface area (Å²) in [5.74, 6) is -0.496. The molecule has 0 bridgehead atoms. The smallest absolute Gasteiger partial charge is 0.263 e. The summed E-state index contributed by atoms with van der Waals surface area (Å²) in [6, 6.07) is 17.6. The number of hydrazone groups is 1. The van der Waals surface area contributed by atoms with Gasteiger partial charge in [-0.2, -0.15) is 10.1 Å². The van der Waals surface area contributed by atoms with Crippen molar-refractivity contribution in [2.75, 3.05) is 5.01 Å². The maximum Gasteiger partial charge on any atom is 0.263 e. The van der Waals surface area contributed by atoms with Gasteiger partial charge in [-0.1, -0.05) is 55.3 Å². The summed E-state index contributed by atoms with van der Waals surface area (Å²) >= 11 is 0. The molecule has 1 unspecified atom stereocenters. The molecule has 0 radical (unpaired) electrons. The molecule has 1 aliphatic carbocycles. The third-order valence-corrected chi connectivity index (χ3v) is 5.61. The van der Waals surface area contributed by atoms with Crippen LogP contribution in [0.15, 0.2) is 59.7 Å². The van der Waals surface area contributed by atoms with Crippen molar-refractivity contribution in [3.8, 4) is 0 Å². The lowest BCUT2D eigenvalue weighted by Gasteiger charge is -2.14. The van der Waals surface area contributed by atoms with Crippen molar-refractivity contribution in [1.29, 1.82) is 0 Å². The molecular weight excluding hydrogens is 336 g/mol. The van der Waals surface area contributed by atoms with Crippen molar-refractivity contribution in [2.24, 2.45) is 11.0 Å². The normalized spacial score (nSPS) is 20.2. The minimum absolute atomic E-state index is 0.0803. The van der Waals surface area contributed by atoms with Gasteiger partial charge in [0.05, 0.1) is 11.4 Å². The van der Waals surface area contributed by atoms with E-state index in [4.69, 9.17) is 0 Å². The molecule has 1 aliphatic heterocycles. The zero-order valence-electron chi connectivity index (χ0n) is 15.6. The minimum atomic E-state index is -0.777. The number of para-hydroxylation sites is 1. The summed E-state index contributed by atoms with van der Waals surface area (Å²) in [7, 11) is 0. The molecule has 1 atom stereocenters. The van der Waals surface area contributed by atoms with Crippen molar-refractivity contribution >= 4 is 23.1 Å². The summed E-state index contributed by atoms with van der Waals surface area (Å²) in [6.07, 6.45) is 5.31. The molecule has 4 rings (SSSR count).